The van der Waals surface area contributed by atoms with Crippen LogP contribution in [0.3, 0.4) is 0 Å². The lowest BCUT2D eigenvalue weighted by Crippen LogP contribution is -2.07. The van der Waals surface area contributed by atoms with Gasteiger partial charge in [-0.05, 0) is 42.8 Å². The highest BCUT2D eigenvalue weighted by Crippen LogP contribution is 2.28. The van der Waals surface area contributed by atoms with Crippen LogP contribution in [0.25, 0.3) is 0 Å². The summed E-state index contributed by atoms with van der Waals surface area (Å²) in [6.07, 6.45) is 2.40. The van der Waals surface area contributed by atoms with Crippen LogP contribution in [0.15, 0.2) is 50.4 Å². The first-order chi connectivity index (χ1) is 11.3. The average Bonchev–Trinajstić information content (AvgIpc) is 3.05. The van der Waals surface area contributed by atoms with Crippen molar-refractivity contribution < 1.29 is 16.8 Å². The first-order valence-corrected chi connectivity index (χ1v) is 11.6. The van der Waals surface area contributed by atoms with E-state index < -0.39 is 19.7 Å². The lowest BCUT2D eigenvalue weighted by molar-refractivity contribution is 0.589. The zero-order valence-corrected chi connectivity index (χ0v) is 15.9. The summed E-state index contributed by atoms with van der Waals surface area (Å²) in [4.78, 5) is 1.02. The van der Waals surface area contributed by atoms with Gasteiger partial charge in [0.25, 0.3) is 0 Å². The molecule has 0 bridgehead atoms. The van der Waals surface area contributed by atoms with Gasteiger partial charge in [0.1, 0.15) is 4.21 Å². The Kier molecular flexibility index (Phi) is 6.19. The molecule has 0 aliphatic rings. The summed E-state index contributed by atoms with van der Waals surface area (Å²) < 4.78 is 49.8. The molecule has 2 N–H and O–H groups in total. The van der Waals surface area contributed by atoms with E-state index in [-0.39, 0.29) is 26.3 Å². The van der Waals surface area contributed by atoms with Crippen LogP contribution in [-0.2, 0) is 26.2 Å². The second-order valence-corrected chi connectivity index (χ2v) is 10.9. The molecule has 2 aromatic rings. The lowest BCUT2D eigenvalue weighted by Gasteiger charge is -2.06. The molecule has 5 nitrogen and oxygen atoms in total. The van der Waals surface area contributed by atoms with Gasteiger partial charge < -0.3 is 5.73 Å². The van der Waals surface area contributed by atoms with E-state index in [1.807, 2.05) is 6.92 Å². The number of hydrogen-bond donors (Lipinski definition) is 1. The molecule has 0 aliphatic carbocycles. The largest absolute Gasteiger partial charge is 0.326 e. The van der Waals surface area contributed by atoms with Crippen LogP contribution in [-0.4, -0.2) is 22.6 Å². The van der Waals surface area contributed by atoms with E-state index in [0.29, 0.717) is 6.42 Å². The summed E-state index contributed by atoms with van der Waals surface area (Å²) in [7, 11) is -7.01. The van der Waals surface area contributed by atoms with Gasteiger partial charge in [-0.2, -0.15) is 0 Å². The Balaban J connectivity index is 2.25. The molecule has 2 rings (SSSR count). The van der Waals surface area contributed by atoms with Crippen molar-refractivity contribution in [1.82, 2.24) is 0 Å². The zero-order chi connectivity index (χ0) is 17.8. The molecule has 0 radical (unpaired) electrons. The summed E-state index contributed by atoms with van der Waals surface area (Å²) >= 11 is 1.13. The molecule has 1 aromatic carbocycles. The van der Waals surface area contributed by atoms with Crippen molar-refractivity contribution in [3.8, 4) is 0 Å². The molecule has 0 atom stereocenters. The number of thiophene rings is 1. The van der Waals surface area contributed by atoms with Crippen LogP contribution in [0.1, 0.15) is 31.1 Å². The van der Waals surface area contributed by atoms with Gasteiger partial charge >= 0.3 is 0 Å². The molecule has 8 heteroatoms. The second-order valence-electron chi connectivity index (χ2n) is 5.43. The molecule has 0 amide bonds. The topological polar surface area (TPSA) is 94.3 Å². The zero-order valence-electron chi connectivity index (χ0n) is 13.4. The Morgan fingerprint density at radius 3 is 2.08 bits per heavy atom. The Morgan fingerprint density at radius 1 is 0.917 bits per heavy atom. The molecule has 1 aromatic heterocycles. The van der Waals surface area contributed by atoms with Crippen molar-refractivity contribution in [3.63, 3.8) is 0 Å². The fourth-order valence-electron chi connectivity index (χ4n) is 2.21. The van der Waals surface area contributed by atoms with Gasteiger partial charge in [0.2, 0.25) is 9.84 Å². The maximum atomic E-state index is 12.6. The van der Waals surface area contributed by atoms with Crippen molar-refractivity contribution in [2.45, 2.75) is 46.7 Å². The van der Waals surface area contributed by atoms with Crippen molar-refractivity contribution >= 4 is 31.0 Å². The van der Waals surface area contributed by atoms with Gasteiger partial charge in [-0.1, -0.05) is 19.8 Å². The SMILES string of the molecule is CCCCCS(=O)(=O)c1ccc(S(=O)(=O)c2ccc(CN)s2)cc1. The molecule has 0 saturated carbocycles. The Labute approximate surface area is 147 Å². The number of rotatable bonds is 8. The molecule has 24 heavy (non-hydrogen) atoms. The van der Waals surface area contributed by atoms with E-state index >= 15 is 0 Å². The molecule has 0 spiro atoms. The number of hydrogen-bond acceptors (Lipinski definition) is 6. The summed E-state index contributed by atoms with van der Waals surface area (Å²) in [5, 5.41) is 0. The molecule has 0 aliphatic heterocycles. The predicted molar refractivity (Wildman–Crippen MR) is 95.7 cm³/mol. The van der Waals surface area contributed by atoms with Gasteiger partial charge in [0.05, 0.1) is 15.5 Å². The van der Waals surface area contributed by atoms with Crippen molar-refractivity contribution in [3.05, 3.63) is 41.3 Å². The second kappa shape index (κ2) is 7.77. The normalized spacial score (nSPS) is 12.4. The fraction of sp³-hybridized carbons (Fsp3) is 0.375. The van der Waals surface area contributed by atoms with Gasteiger partial charge in [0, 0.05) is 11.4 Å². The molecule has 0 fully saturated rings. The number of unbranched alkanes of at least 4 members (excludes halogenated alkanes) is 2. The van der Waals surface area contributed by atoms with Gasteiger partial charge in [-0.15, -0.1) is 11.3 Å². The van der Waals surface area contributed by atoms with Crippen LogP contribution >= 0.6 is 11.3 Å². The molecule has 132 valence electrons. The van der Waals surface area contributed by atoms with Crippen LogP contribution in [0.2, 0.25) is 0 Å². The Morgan fingerprint density at radius 2 is 1.54 bits per heavy atom. The van der Waals surface area contributed by atoms with Crippen LogP contribution in [0, 0.1) is 0 Å². The minimum atomic E-state index is -3.64. The smallest absolute Gasteiger partial charge is 0.215 e. The molecule has 0 unspecified atom stereocenters. The first kappa shape index (κ1) is 19.1. The summed E-state index contributed by atoms with van der Waals surface area (Å²) in [5.41, 5.74) is 5.51. The van der Waals surface area contributed by atoms with E-state index in [1.165, 1.54) is 30.3 Å². The molecular weight excluding hydrogens is 366 g/mol. The highest BCUT2D eigenvalue weighted by Gasteiger charge is 2.21. The third-order valence-corrected chi connectivity index (χ3v) is 8.80. The van der Waals surface area contributed by atoms with E-state index in [4.69, 9.17) is 5.73 Å². The van der Waals surface area contributed by atoms with Gasteiger partial charge in [-0.3, -0.25) is 0 Å². The van der Waals surface area contributed by atoms with Crippen molar-refractivity contribution in [2.24, 2.45) is 5.73 Å². The highest BCUT2D eigenvalue weighted by atomic mass is 32.2. The third kappa shape index (κ3) is 4.24. The minimum Gasteiger partial charge on any atom is -0.326 e. The fourth-order valence-corrected chi connectivity index (χ4v) is 6.22. The summed E-state index contributed by atoms with van der Waals surface area (Å²) in [6.45, 7) is 2.29. The Hall–Kier alpha value is -1.22. The average molecular weight is 388 g/mol. The minimum absolute atomic E-state index is 0.0811. The van der Waals surface area contributed by atoms with Crippen molar-refractivity contribution in [1.29, 1.82) is 0 Å². The maximum absolute atomic E-state index is 12.6. The maximum Gasteiger partial charge on any atom is 0.215 e. The van der Waals surface area contributed by atoms with E-state index in [9.17, 15) is 16.8 Å². The van der Waals surface area contributed by atoms with Crippen molar-refractivity contribution in [2.75, 3.05) is 5.75 Å². The molecular formula is C16H21NO4S3. The molecule has 1 heterocycles. The quantitative estimate of drug-likeness (QED) is 0.703. The van der Waals surface area contributed by atoms with Crippen LogP contribution < -0.4 is 5.73 Å². The van der Waals surface area contributed by atoms with Gasteiger partial charge in [0.15, 0.2) is 9.84 Å². The van der Waals surface area contributed by atoms with E-state index in [2.05, 4.69) is 0 Å². The summed E-state index contributed by atoms with van der Waals surface area (Å²) in [5.74, 6) is 0.0811. The van der Waals surface area contributed by atoms with Crippen LogP contribution in [0.5, 0.6) is 0 Å². The standard InChI is InChI=1S/C16H21NO4S3/c1-2-3-4-11-23(18,19)14-6-8-15(9-7-14)24(20,21)16-10-5-13(12-17)22-16/h5-10H,2-4,11-12,17H2,1H3. The first-order valence-electron chi connectivity index (χ1n) is 7.68. The third-order valence-electron chi connectivity index (χ3n) is 3.61. The predicted octanol–water partition coefficient (Wildman–Crippen LogP) is 3.00. The van der Waals surface area contributed by atoms with E-state index in [0.717, 1.165) is 29.1 Å². The Bertz CT molecular complexity index is 882. The number of nitrogens with two attached hydrogens (primary N) is 1. The summed E-state index contributed by atoms with van der Waals surface area (Å²) in [6, 6.07) is 8.65. The van der Waals surface area contributed by atoms with E-state index in [1.54, 1.807) is 6.07 Å². The lowest BCUT2D eigenvalue weighted by atomic mass is 10.3. The van der Waals surface area contributed by atoms with Gasteiger partial charge in [-0.25, -0.2) is 16.8 Å². The number of benzene rings is 1. The molecule has 0 saturated heterocycles. The monoisotopic (exact) mass is 387 g/mol. The van der Waals surface area contributed by atoms with Crippen LogP contribution in [0.4, 0.5) is 0 Å². The highest BCUT2D eigenvalue weighted by molar-refractivity contribution is 7.93. The number of sulfone groups is 2.